The van der Waals surface area contributed by atoms with Crippen LogP contribution in [0.15, 0.2) is 12.1 Å². The number of amides is 1. The predicted molar refractivity (Wildman–Crippen MR) is 76.8 cm³/mol. The molecule has 0 heterocycles. The van der Waals surface area contributed by atoms with Gasteiger partial charge in [0, 0.05) is 0 Å². The Bertz CT molecular complexity index is 442. The minimum atomic E-state index is -0.0696. The van der Waals surface area contributed by atoms with Gasteiger partial charge in [0.15, 0.2) is 6.61 Å². The topological polar surface area (TPSA) is 42.8 Å². The standard InChI is InChI=1S/C15H24N2O2/c1-11-8-12(2)13(3)14(9-11)19-10-15(18)16-6-7-17(4)5/h8-9H,6-7,10H2,1-5H3,(H,16,18)/p+1. The molecule has 0 spiro atoms. The van der Waals surface area contributed by atoms with Crippen molar-refractivity contribution in [3.8, 4) is 5.75 Å². The molecule has 4 nitrogen and oxygen atoms in total. The Morgan fingerprint density at radius 1 is 1.26 bits per heavy atom. The molecule has 1 rings (SSSR count). The molecule has 0 saturated carbocycles. The summed E-state index contributed by atoms with van der Waals surface area (Å²) in [4.78, 5) is 12.9. The van der Waals surface area contributed by atoms with Crippen LogP contribution in [0.5, 0.6) is 5.75 Å². The van der Waals surface area contributed by atoms with Gasteiger partial charge in [-0.2, -0.15) is 0 Å². The SMILES string of the molecule is Cc1cc(C)c(C)c(OCC(=O)NCC[NH+](C)C)c1. The normalized spacial score (nSPS) is 10.6. The Labute approximate surface area is 115 Å². The van der Waals surface area contributed by atoms with E-state index < -0.39 is 0 Å². The zero-order valence-corrected chi connectivity index (χ0v) is 12.6. The van der Waals surface area contributed by atoms with Crippen molar-refractivity contribution in [1.82, 2.24) is 5.32 Å². The van der Waals surface area contributed by atoms with Gasteiger partial charge in [-0.1, -0.05) is 6.07 Å². The van der Waals surface area contributed by atoms with Crippen LogP contribution < -0.4 is 15.0 Å². The number of quaternary nitrogens is 1. The van der Waals surface area contributed by atoms with E-state index in [-0.39, 0.29) is 12.5 Å². The molecule has 0 radical (unpaired) electrons. The van der Waals surface area contributed by atoms with E-state index in [0.29, 0.717) is 6.54 Å². The molecule has 2 N–H and O–H groups in total. The summed E-state index contributed by atoms with van der Waals surface area (Å²) in [6.45, 7) is 7.75. The number of hydrogen-bond acceptors (Lipinski definition) is 2. The summed E-state index contributed by atoms with van der Waals surface area (Å²) in [6, 6.07) is 4.09. The van der Waals surface area contributed by atoms with Crippen molar-refractivity contribution in [1.29, 1.82) is 0 Å². The van der Waals surface area contributed by atoms with E-state index in [4.69, 9.17) is 4.74 Å². The summed E-state index contributed by atoms with van der Waals surface area (Å²) in [5.74, 6) is 0.727. The monoisotopic (exact) mass is 265 g/mol. The van der Waals surface area contributed by atoms with Crippen LogP contribution in [-0.2, 0) is 4.79 Å². The number of likely N-dealkylation sites (N-methyl/N-ethyl adjacent to an activating group) is 1. The van der Waals surface area contributed by atoms with Gasteiger partial charge in [0.05, 0.1) is 27.2 Å². The van der Waals surface area contributed by atoms with Gasteiger partial charge in [-0.05, 0) is 43.5 Å². The van der Waals surface area contributed by atoms with Crippen LogP contribution in [0, 0.1) is 20.8 Å². The molecule has 0 fully saturated rings. The van der Waals surface area contributed by atoms with Crippen molar-refractivity contribution < 1.29 is 14.4 Å². The quantitative estimate of drug-likeness (QED) is 0.774. The molecule has 19 heavy (non-hydrogen) atoms. The van der Waals surface area contributed by atoms with Gasteiger partial charge in [0.2, 0.25) is 0 Å². The van der Waals surface area contributed by atoms with Gasteiger partial charge in [0.25, 0.3) is 5.91 Å². The molecule has 106 valence electrons. The summed E-state index contributed by atoms with van der Waals surface area (Å²) in [5, 5.41) is 2.85. The third kappa shape index (κ3) is 5.30. The maximum absolute atomic E-state index is 11.6. The van der Waals surface area contributed by atoms with Gasteiger partial charge in [-0.25, -0.2) is 0 Å². The lowest BCUT2D eigenvalue weighted by molar-refractivity contribution is -0.856. The van der Waals surface area contributed by atoms with Crippen LogP contribution in [-0.4, -0.2) is 39.7 Å². The number of ether oxygens (including phenoxy) is 1. The lowest BCUT2D eigenvalue weighted by atomic mass is 10.1. The van der Waals surface area contributed by atoms with Crippen LogP contribution in [0.3, 0.4) is 0 Å². The van der Waals surface area contributed by atoms with E-state index in [1.54, 1.807) is 0 Å². The van der Waals surface area contributed by atoms with Crippen LogP contribution >= 0.6 is 0 Å². The zero-order chi connectivity index (χ0) is 14.4. The van der Waals surface area contributed by atoms with Gasteiger partial charge in [0.1, 0.15) is 5.75 Å². The van der Waals surface area contributed by atoms with Crippen molar-refractivity contribution in [2.45, 2.75) is 20.8 Å². The molecule has 0 bridgehead atoms. The van der Waals surface area contributed by atoms with E-state index >= 15 is 0 Å². The first-order valence-corrected chi connectivity index (χ1v) is 6.66. The molecule has 0 atom stereocenters. The Hall–Kier alpha value is -1.55. The lowest BCUT2D eigenvalue weighted by Crippen LogP contribution is -3.06. The Kier molecular flexibility index (Phi) is 5.83. The smallest absolute Gasteiger partial charge is 0.258 e. The fourth-order valence-corrected chi connectivity index (χ4v) is 1.80. The highest BCUT2D eigenvalue weighted by Crippen LogP contribution is 2.22. The summed E-state index contributed by atoms with van der Waals surface area (Å²) < 4.78 is 5.60. The minimum absolute atomic E-state index is 0.0696. The molecule has 1 aromatic carbocycles. The van der Waals surface area contributed by atoms with E-state index in [1.807, 2.05) is 19.9 Å². The third-order valence-corrected chi connectivity index (χ3v) is 3.07. The molecule has 1 amide bonds. The molecular formula is C15H25N2O2+. The first-order chi connectivity index (χ1) is 8.90. The highest BCUT2D eigenvalue weighted by molar-refractivity contribution is 5.77. The predicted octanol–water partition coefficient (Wildman–Crippen LogP) is 0.251. The molecular weight excluding hydrogens is 240 g/mol. The number of hydrogen-bond donors (Lipinski definition) is 2. The largest absolute Gasteiger partial charge is 0.483 e. The lowest BCUT2D eigenvalue weighted by Gasteiger charge is -2.13. The number of benzene rings is 1. The van der Waals surface area contributed by atoms with E-state index in [0.717, 1.165) is 23.4 Å². The Balaban J connectivity index is 2.46. The van der Waals surface area contributed by atoms with Crippen molar-refractivity contribution in [3.63, 3.8) is 0 Å². The van der Waals surface area contributed by atoms with Gasteiger partial charge < -0.3 is 15.0 Å². The highest BCUT2D eigenvalue weighted by atomic mass is 16.5. The average molecular weight is 265 g/mol. The van der Waals surface area contributed by atoms with Crippen molar-refractivity contribution in [2.24, 2.45) is 0 Å². The maximum atomic E-state index is 11.6. The molecule has 0 aliphatic heterocycles. The fraction of sp³-hybridized carbons (Fsp3) is 0.533. The maximum Gasteiger partial charge on any atom is 0.258 e. The van der Waals surface area contributed by atoms with E-state index in [2.05, 4.69) is 32.4 Å². The third-order valence-electron chi connectivity index (χ3n) is 3.07. The molecule has 0 aliphatic rings. The second-order valence-corrected chi connectivity index (χ2v) is 5.30. The van der Waals surface area contributed by atoms with Crippen molar-refractivity contribution in [2.75, 3.05) is 33.8 Å². The van der Waals surface area contributed by atoms with Crippen LogP contribution in [0.1, 0.15) is 16.7 Å². The molecule has 0 saturated heterocycles. The fourth-order valence-electron chi connectivity index (χ4n) is 1.80. The Morgan fingerprint density at radius 2 is 1.95 bits per heavy atom. The van der Waals surface area contributed by atoms with Crippen LogP contribution in [0.2, 0.25) is 0 Å². The Morgan fingerprint density at radius 3 is 2.58 bits per heavy atom. The summed E-state index contributed by atoms with van der Waals surface area (Å²) >= 11 is 0. The number of nitrogens with one attached hydrogen (secondary N) is 2. The van der Waals surface area contributed by atoms with Gasteiger partial charge in [-0.15, -0.1) is 0 Å². The average Bonchev–Trinajstić information content (AvgIpc) is 2.31. The molecule has 0 unspecified atom stereocenters. The summed E-state index contributed by atoms with van der Waals surface area (Å²) in [5.41, 5.74) is 3.43. The highest BCUT2D eigenvalue weighted by Gasteiger charge is 2.07. The van der Waals surface area contributed by atoms with E-state index in [9.17, 15) is 4.79 Å². The summed E-state index contributed by atoms with van der Waals surface area (Å²) in [7, 11) is 4.11. The van der Waals surface area contributed by atoms with Crippen molar-refractivity contribution in [3.05, 3.63) is 28.8 Å². The molecule has 0 aromatic heterocycles. The first-order valence-electron chi connectivity index (χ1n) is 6.66. The second kappa shape index (κ2) is 7.14. The first kappa shape index (κ1) is 15.5. The van der Waals surface area contributed by atoms with Gasteiger partial charge >= 0.3 is 0 Å². The van der Waals surface area contributed by atoms with Crippen molar-refractivity contribution >= 4 is 5.91 Å². The number of carbonyl (C=O) groups is 1. The number of rotatable bonds is 6. The second-order valence-electron chi connectivity index (χ2n) is 5.30. The minimum Gasteiger partial charge on any atom is -0.483 e. The molecule has 0 aliphatic carbocycles. The molecule has 1 aromatic rings. The molecule has 4 heteroatoms. The van der Waals surface area contributed by atoms with E-state index in [1.165, 1.54) is 10.5 Å². The van der Waals surface area contributed by atoms with Gasteiger partial charge in [-0.3, -0.25) is 4.79 Å². The van der Waals surface area contributed by atoms with Crippen LogP contribution in [0.25, 0.3) is 0 Å². The number of carbonyl (C=O) groups excluding carboxylic acids is 1. The zero-order valence-electron chi connectivity index (χ0n) is 12.6. The van der Waals surface area contributed by atoms with Crippen LogP contribution in [0.4, 0.5) is 0 Å². The summed E-state index contributed by atoms with van der Waals surface area (Å²) in [6.07, 6.45) is 0. The number of aryl methyl sites for hydroxylation is 2.